The van der Waals surface area contributed by atoms with Crippen LogP contribution in [0.4, 0.5) is 11.4 Å². The highest BCUT2D eigenvalue weighted by atomic mass is 35.6. The highest BCUT2D eigenvalue weighted by molar-refractivity contribution is 7.12. The van der Waals surface area contributed by atoms with Crippen LogP contribution in [0.5, 0.6) is 0 Å². The second-order valence-electron chi connectivity index (χ2n) is 3.96. The van der Waals surface area contributed by atoms with Gasteiger partial charge in [-0.25, -0.2) is 0 Å². The lowest BCUT2D eigenvalue weighted by Gasteiger charge is -2.12. The second-order valence-corrected chi connectivity index (χ2v) is 7.19. The number of thiophene rings is 1. The van der Waals surface area contributed by atoms with Crippen molar-refractivity contribution in [2.45, 2.75) is 3.79 Å². The third kappa shape index (κ3) is 4.61. The molecule has 0 aliphatic heterocycles. The number of anilines is 2. The predicted octanol–water partition coefficient (Wildman–Crippen LogP) is 4.31. The second kappa shape index (κ2) is 6.66. The van der Waals surface area contributed by atoms with Crippen molar-refractivity contribution >= 4 is 69.3 Å². The van der Waals surface area contributed by atoms with E-state index >= 15 is 0 Å². The molecule has 110 valence electrons. The van der Waals surface area contributed by atoms with E-state index in [1.807, 2.05) is 5.38 Å². The average Bonchev–Trinajstić information content (AvgIpc) is 2.91. The molecule has 2 amide bonds. The Morgan fingerprint density at radius 1 is 1.00 bits per heavy atom. The van der Waals surface area contributed by atoms with Gasteiger partial charge in [0.1, 0.15) is 0 Å². The van der Waals surface area contributed by atoms with Gasteiger partial charge in [-0.15, -0.1) is 11.3 Å². The molecule has 2 rings (SSSR count). The van der Waals surface area contributed by atoms with E-state index in [0.29, 0.717) is 16.3 Å². The van der Waals surface area contributed by atoms with Gasteiger partial charge in [0.15, 0.2) is 0 Å². The molecule has 1 heterocycles. The van der Waals surface area contributed by atoms with E-state index in [-0.39, 0.29) is 5.91 Å². The zero-order chi connectivity index (χ0) is 15.5. The Morgan fingerprint density at radius 2 is 1.67 bits per heavy atom. The van der Waals surface area contributed by atoms with Crippen molar-refractivity contribution in [3.8, 4) is 0 Å². The molecule has 0 radical (unpaired) electrons. The van der Waals surface area contributed by atoms with Gasteiger partial charge in [0.25, 0.3) is 15.6 Å². The molecule has 0 aliphatic carbocycles. The number of halogens is 3. The van der Waals surface area contributed by atoms with Gasteiger partial charge in [-0.05, 0) is 29.6 Å². The molecule has 0 fully saturated rings. The van der Waals surface area contributed by atoms with Crippen LogP contribution >= 0.6 is 46.1 Å². The summed E-state index contributed by atoms with van der Waals surface area (Å²) in [6.07, 6.45) is 0. The molecule has 21 heavy (non-hydrogen) atoms. The number of benzene rings is 1. The van der Waals surface area contributed by atoms with Crippen LogP contribution < -0.4 is 10.6 Å². The largest absolute Gasteiger partial charge is 0.322 e. The summed E-state index contributed by atoms with van der Waals surface area (Å²) in [5.41, 5.74) is 0.936. The number of rotatable bonds is 3. The van der Waals surface area contributed by atoms with Crippen LogP contribution in [0.3, 0.4) is 0 Å². The van der Waals surface area contributed by atoms with Crippen LogP contribution in [0, 0.1) is 0 Å². The first kappa shape index (κ1) is 16.1. The highest BCUT2D eigenvalue weighted by Gasteiger charge is 2.30. The van der Waals surface area contributed by atoms with Crippen molar-refractivity contribution < 1.29 is 9.59 Å². The predicted molar refractivity (Wildman–Crippen MR) is 87.6 cm³/mol. The smallest absolute Gasteiger partial charge is 0.276 e. The van der Waals surface area contributed by atoms with Crippen molar-refractivity contribution in [2.75, 3.05) is 10.6 Å². The summed E-state index contributed by atoms with van der Waals surface area (Å²) < 4.78 is -2.05. The molecule has 0 saturated carbocycles. The van der Waals surface area contributed by atoms with Crippen LogP contribution in [0.25, 0.3) is 0 Å². The standard InChI is InChI=1S/C13H9Cl3N2O2S/c14-13(15,16)12(20)18-9-4-1-3-8(7-9)17-11(19)10-5-2-6-21-10/h1-7H,(H,17,19)(H,18,20). The minimum atomic E-state index is -2.05. The van der Waals surface area contributed by atoms with Gasteiger partial charge in [0.05, 0.1) is 4.88 Å². The van der Waals surface area contributed by atoms with E-state index in [9.17, 15) is 9.59 Å². The van der Waals surface area contributed by atoms with E-state index in [1.54, 1.807) is 36.4 Å². The zero-order valence-corrected chi connectivity index (χ0v) is 13.5. The maximum Gasteiger partial charge on any atom is 0.276 e. The molecule has 8 heteroatoms. The molecule has 0 unspecified atom stereocenters. The van der Waals surface area contributed by atoms with Gasteiger partial charge in [-0.2, -0.15) is 0 Å². The van der Waals surface area contributed by atoms with E-state index in [1.165, 1.54) is 11.3 Å². The van der Waals surface area contributed by atoms with Gasteiger partial charge in [0.2, 0.25) is 0 Å². The lowest BCUT2D eigenvalue weighted by atomic mass is 10.2. The molecule has 1 aromatic carbocycles. The van der Waals surface area contributed by atoms with Crippen LogP contribution in [-0.4, -0.2) is 15.6 Å². The van der Waals surface area contributed by atoms with Crippen LogP contribution in [0.15, 0.2) is 41.8 Å². The number of hydrogen-bond donors (Lipinski definition) is 2. The van der Waals surface area contributed by atoms with Crippen molar-refractivity contribution in [3.05, 3.63) is 46.7 Å². The summed E-state index contributed by atoms with van der Waals surface area (Å²) in [5.74, 6) is -0.996. The molecule has 0 atom stereocenters. The topological polar surface area (TPSA) is 58.2 Å². The molecule has 0 spiro atoms. The summed E-state index contributed by atoms with van der Waals surface area (Å²) in [7, 11) is 0. The summed E-state index contributed by atoms with van der Waals surface area (Å²) in [4.78, 5) is 24.1. The maximum atomic E-state index is 11.9. The number of alkyl halides is 3. The number of carbonyl (C=O) groups excluding carboxylic acids is 2. The summed E-state index contributed by atoms with van der Waals surface area (Å²) in [6, 6.07) is 10.1. The van der Waals surface area contributed by atoms with Crippen LogP contribution in [-0.2, 0) is 4.79 Å². The van der Waals surface area contributed by atoms with Gasteiger partial charge in [0, 0.05) is 11.4 Å². The van der Waals surface area contributed by atoms with E-state index in [4.69, 9.17) is 34.8 Å². The Kier molecular flexibility index (Phi) is 5.11. The minimum absolute atomic E-state index is 0.227. The first-order chi connectivity index (χ1) is 9.86. The first-order valence-corrected chi connectivity index (χ1v) is 7.71. The summed E-state index contributed by atoms with van der Waals surface area (Å²) in [6.45, 7) is 0. The molecule has 2 N–H and O–H groups in total. The van der Waals surface area contributed by atoms with Crippen molar-refractivity contribution in [1.82, 2.24) is 0 Å². The number of carbonyl (C=O) groups is 2. The van der Waals surface area contributed by atoms with Gasteiger partial charge >= 0.3 is 0 Å². The summed E-state index contributed by atoms with van der Waals surface area (Å²) >= 11 is 17.8. The third-order valence-electron chi connectivity index (χ3n) is 2.38. The number of hydrogen-bond acceptors (Lipinski definition) is 3. The highest BCUT2D eigenvalue weighted by Crippen LogP contribution is 2.28. The molecular weight excluding hydrogens is 355 g/mol. The lowest BCUT2D eigenvalue weighted by molar-refractivity contribution is -0.115. The van der Waals surface area contributed by atoms with Gasteiger partial charge in [-0.3, -0.25) is 9.59 Å². The van der Waals surface area contributed by atoms with Crippen molar-refractivity contribution in [1.29, 1.82) is 0 Å². The maximum absolute atomic E-state index is 11.9. The molecule has 4 nitrogen and oxygen atoms in total. The van der Waals surface area contributed by atoms with Crippen LogP contribution in [0.2, 0.25) is 0 Å². The molecular formula is C13H9Cl3N2O2S. The Hall–Kier alpha value is -1.27. The van der Waals surface area contributed by atoms with Crippen molar-refractivity contribution in [2.24, 2.45) is 0 Å². The van der Waals surface area contributed by atoms with Crippen molar-refractivity contribution in [3.63, 3.8) is 0 Å². The Balaban J connectivity index is 2.08. The first-order valence-electron chi connectivity index (χ1n) is 5.69. The zero-order valence-electron chi connectivity index (χ0n) is 10.4. The molecule has 0 aliphatic rings. The number of amides is 2. The Bertz CT molecular complexity index is 654. The van der Waals surface area contributed by atoms with Crippen LogP contribution in [0.1, 0.15) is 9.67 Å². The minimum Gasteiger partial charge on any atom is -0.322 e. The van der Waals surface area contributed by atoms with E-state index in [0.717, 1.165) is 0 Å². The normalized spacial score (nSPS) is 11.0. The lowest BCUT2D eigenvalue weighted by Crippen LogP contribution is -2.26. The molecule has 0 bridgehead atoms. The Labute approximate surface area is 140 Å². The van der Waals surface area contributed by atoms with E-state index in [2.05, 4.69) is 10.6 Å². The Morgan fingerprint density at radius 3 is 2.24 bits per heavy atom. The van der Waals surface area contributed by atoms with Gasteiger partial charge in [-0.1, -0.05) is 46.9 Å². The molecule has 2 aromatic rings. The average molecular weight is 364 g/mol. The molecule has 0 saturated heterocycles. The fourth-order valence-electron chi connectivity index (χ4n) is 1.48. The third-order valence-corrected chi connectivity index (χ3v) is 3.76. The van der Waals surface area contributed by atoms with Gasteiger partial charge < -0.3 is 10.6 Å². The number of nitrogens with one attached hydrogen (secondary N) is 2. The fourth-order valence-corrected chi connectivity index (χ4v) is 2.24. The summed E-state index contributed by atoms with van der Waals surface area (Å²) in [5, 5.41) is 6.98. The molecule has 1 aromatic heterocycles. The monoisotopic (exact) mass is 362 g/mol. The SMILES string of the molecule is O=C(Nc1cccc(NC(=O)C(Cl)(Cl)Cl)c1)c1cccs1. The quantitative estimate of drug-likeness (QED) is 0.798. The van der Waals surface area contributed by atoms with E-state index < -0.39 is 9.70 Å². The fraction of sp³-hybridized carbons (Fsp3) is 0.0769.